The van der Waals surface area contributed by atoms with E-state index >= 15 is 0 Å². The number of benzene rings is 2. The highest BCUT2D eigenvalue weighted by Gasteiger charge is 2.09. The standard InChI is InChI=1S/C19H25NO/c1-14(2)16-10-8-15(9-11-16)12-18(20)13-17-6-4-5-7-19(17)21-3/h4-11,14,18H,12-13,20H2,1-3H3. The van der Waals surface area contributed by atoms with E-state index in [0.29, 0.717) is 5.92 Å². The summed E-state index contributed by atoms with van der Waals surface area (Å²) in [7, 11) is 1.70. The van der Waals surface area contributed by atoms with E-state index in [1.54, 1.807) is 7.11 Å². The van der Waals surface area contributed by atoms with Crippen LogP contribution in [0.15, 0.2) is 48.5 Å². The lowest BCUT2D eigenvalue weighted by atomic mass is 9.96. The molecule has 0 spiro atoms. The van der Waals surface area contributed by atoms with Gasteiger partial charge in [-0.3, -0.25) is 0 Å². The van der Waals surface area contributed by atoms with E-state index in [4.69, 9.17) is 10.5 Å². The molecule has 0 aromatic heterocycles. The highest BCUT2D eigenvalue weighted by molar-refractivity contribution is 5.34. The summed E-state index contributed by atoms with van der Waals surface area (Å²) in [5, 5.41) is 0. The van der Waals surface area contributed by atoms with E-state index in [0.717, 1.165) is 18.6 Å². The minimum atomic E-state index is 0.103. The lowest BCUT2D eigenvalue weighted by Crippen LogP contribution is -2.25. The molecule has 0 amide bonds. The molecule has 1 atom stereocenters. The van der Waals surface area contributed by atoms with Crippen LogP contribution in [0.2, 0.25) is 0 Å². The summed E-state index contributed by atoms with van der Waals surface area (Å²) in [4.78, 5) is 0. The molecular formula is C19H25NO. The average Bonchev–Trinajstić information content (AvgIpc) is 2.48. The van der Waals surface area contributed by atoms with Crippen LogP contribution in [0.3, 0.4) is 0 Å². The van der Waals surface area contributed by atoms with Crippen molar-refractivity contribution in [3.05, 3.63) is 65.2 Å². The quantitative estimate of drug-likeness (QED) is 0.871. The van der Waals surface area contributed by atoms with Gasteiger partial charge in [0.05, 0.1) is 7.11 Å². The van der Waals surface area contributed by atoms with Gasteiger partial charge in [-0.15, -0.1) is 0 Å². The molecule has 0 saturated heterocycles. The van der Waals surface area contributed by atoms with E-state index in [-0.39, 0.29) is 6.04 Å². The van der Waals surface area contributed by atoms with Gasteiger partial charge in [-0.05, 0) is 41.5 Å². The summed E-state index contributed by atoms with van der Waals surface area (Å²) < 4.78 is 5.38. The Bertz CT molecular complexity index is 560. The van der Waals surface area contributed by atoms with Gasteiger partial charge < -0.3 is 10.5 Å². The molecule has 0 fully saturated rings. The summed E-state index contributed by atoms with van der Waals surface area (Å²) in [5.41, 5.74) is 10.1. The molecule has 21 heavy (non-hydrogen) atoms. The van der Waals surface area contributed by atoms with Gasteiger partial charge in [-0.25, -0.2) is 0 Å². The topological polar surface area (TPSA) is 35.2 Å². The molecule has 0 saturated carbocycles. The first-order chi connectivity index (χ1) is 10.1. The molecular weight excluding hydrogens is 258 g/mol. The molecule has 0 aliphatic carbocycles. The summed E-state index contributed by atoms with van der Waals surface area (Å²) in [6.07, 6.45) is 1.71. The highest BCUT2D eigenvalue weighted by atomic mass is 16.5. The summed E-state index contributed by atoms with van der Waals surface area (Å²) in [6.45, 7) is 4.42. The Morgan fingerprint density at radius 3 is 2.24 bits per heavy atom. The molecule has 2 nitrogen and oxygen atoms in total. The second-order valence-corrected chi connectivity index (χ2v) is 5.88. The smallest absolute Gasteiger partial charge is 0.122 e. The highest BCUT2D eigenvalue weighted by Crippen LogP contribution is 2.20. The third-order valence-corrected chi connectivity index (χ3v) is 3.82. The lowest BCUT2D eigenvalue weighted by Gasteiger charge is -2.15. The van der Waals surface area contributed by atoms with Gasteiger partial charge in [0.1, 0.15) is 5.75 Å². The van der Waals surface area contributed by atoms with Gasteiger partial charge in [0, 0.05) is 6.04 Å². The number of rotatable bonds is 6. The number of hydrogen-bond acceptors (Lipinski definition) is 2. The van der Waals surface area contributed by atoms with Crippen LogP contribution < -0.4 is 10.5 Å². The zero-order valence-electron chi connectivity index (χ0n) is 13.2. The monoisotopic (exact) mass is 283 g/mol. The van der Waals surface area contributed by atoms with Gasteiger partial charge in [0.2, 0.25) is 0 Å². The van der Waals surface area contributed by atoms with Crippen LogP contribution in [0.1, 0.15) is 36.5 Å². The van der Waals surface area contributed by atoms with Crippen molar-refractivity contribution in [2.24, 2.45) is 5.73 Å². The second kappa shape index (κ2) is 7.28. The first-order valence-electron chi connectivity index (χ1n) is 7.56. The minimum absolute atomic E-state index is 0.103. The summed E-state index contributed by atoms with van der Waals surface area (Å²) in [6, 6.07) is 17.0. The Morgan fingerprint density at radius 2 is 1.62 bits per heavy atom. The van der Waals surface area contributed by atoms with E-state index in [1.165, 1.54) is 16.7 Å². The molecule has 2 aromatic carbocycles. The maximum atomic E-state index is 6.30. The van der Waals surface area contributed by atoms with Gasteiger partial charge in [-0.1, -0.05) is 56.3 Å². The molecule has 0 aliphatic heterocycles. The third kappa shape index (κ3) is 4.33. The van der Waals surface area contributed by atoms with Crippen LogP contribution in [-0.2, 0) is 12.8 Å². The molecule has 1 unspecified atom stereocenters. The normalized spacial score (nSPS) is 12.4. The summed E-state index contributed by atoms with van der Waals surface area (Å²) >= 11 is 0. The summed E-state index contributed by atoms with van der Waals surface area (Å²) in [5.74, 6) is 1.49. The Morgan fingerprint density at radius 1 is 0.952 bits per heavy atom. The average molecular weight is 283 g/mol. The van der Waals surface area contributed by atoms with Crippen molar-refractivity contribution in [3.8, 4) is 5.75 Å². The fourth-order valence-electron chi connectivity index (χ4n) is 2.57. The first kappa shape index (κ1) is 15.6. The van der Waals surface area contributed by atoms with Crippen molar-refractivity contribution in [3.63, 3.8) is 0 Å². The predicted octanol–water partition coefficient (Wildman–Crippen LogP) is 3.93. The van der Waals surface area contributed by atoms with Crippen LogP contribution in [0, 0.1) is 0 Å². The Hall–Kier alpha value is -1.80. The van der Waals surface area contributed by atoms with Gasteiger partial charge in [-0.2, -0.15) is 0 Å². The van der Waals surface area contributed by atoms with Crippen LogP contribution in [0.25, 0.3) is 0 Å². The zero-order valence-corrected chi connectivity index (χ0v) is 13.2. The molecule has 0 aliphatic rings. The fraction of sp³-hybridized carbons (Fsp3) is 0.368. The van der Waals surface area contributed by atoms with Crippen molar-refractivity contribution in [2.75, 3.05) is 7.11 Å². The van der Waals surface area contributed by atoms with E-state index in [9.17, 15) is 0 Å². The third-order valence-electron chi connectivity index (χ3n) is 3.82. The molecule has 2 N–H and O–H groups in total. The van der Waals surface area contributed by atoms with Crippen molar-refractivity contribution < 1.29 is 4.74 Å². The van der Waals surface area contributed by atoms with Gasteiger partial charge in [0.15, 0.2) is 0 Å². The van der Waals surface area contributed by atoms with Crippen molar-refractivity contribution in [2.45, 2.75) is 38.6 Å². The first-order valence-corrected chi connectivity index (χ1v) is 7.56. The van der Waals surface area contributed by atoms with Crippen LogP contribution in [0.4, 0.5) is 0 Å². The minimum Gasteiger partial charge on any atom is -0.496 e. The molecule has 0 heterocycles. The lowest BCUT2D eigenvalue weighted by molar-refractivity contribution is 0.408. The zero-order chi connectivity index (χ0) is 15.2. The number of methoxy groups -OCH3 is 1. The number of para-hydroxylation sites is 1. The molecule has 112 valence electrons. The molecule has 2 rings (SSSR count). The largest absolute Gasteiger partial charge is 0.496 e. The van der Waals surface area contributed by atoms with Crippen molar-refractivity contribution in [1.29, 1.82) is 0 Å². The second-order valence-electron chi connectivity index (χ2n) is 5.88. The van der Waals surface area contributed by atoms with Crippen LogP contribution >= 0.6 is 0 Å². The Kier molecular flexibility index (Phi) is 5.40. The Balaban J connectivity index is 1.99. The maximum absolute atomic E-state index is 6.30. The molecule has 0 bridgehead atoms. The Labute approximate surface area is 127 Å². The van der Waals surface area contributed by atoms with Crippen molar-refractivity contribution in [1.82, 2.24) is 0 Å². The number of hydrogen-bond donors (Lipinski definition) is 1. The van der Waals surface area contributed by atoms with Crippen LogP contribution in [0.5, 0.6) is 5.75 Å². The maximum Gasteiger partial charge on any atom is 0.122 e. The van der Waals surface area contributed by atoms with Gasteiger partial charge in [0.25, 0.3) is 0 Å². The number of nitrogens with two attached hydrogens (primary N) is 1. The van der Waals surface area contributed by atoms with Gasteiger partial charge >= 0.3 is 0 Å². The molecule has 2 heteroatoms. The number of ether oxygens (including phenoxy) is 1. The SMILES string of the molecule is COc1ccccc1CC(N)Cc1ccc(C(C)C)cc1. The molecule has 2 aromatic rings. The van der Waals surface area contributed by atoms with Crippen LogP contribution in [-0.4, -0.2) is 13.2 Å². The van der Waals surface area contributed by atoms with E-state index in [2.05, 4.69) is 44.2 Å². The van der Waals surface area contributed by atoms with E-state index in [1.807, 2.05) is 18.2 Å². The van der Waals surface area contributed by atoms with Crippen molar-refractivity contribution >= 4 is 0 Å². The fourth-order valence-corrected chi connectivity index (χ4v) is 2.57. The molecule has 0 radical (unpaired) electrons. The van der Waals surface area contributed by atoms with E-state index < -0.39 is 0 Å². The predicted molar refractivity (Wildman–Crippen MR) is 88.9 cm³/mol.